The van der Waals surface area contributed by atoms with Gasteiger partial charge in [0.15, 0.2) is 5.13 Å². The number of amides is 3. The first-order valence-electron chi connectivity index (χ1n) is 10.6. The van der Waals surface area contributed by atoms with Crippen LogP contribution in [0.4, 0.5) is 9.93 Å². The van der Waals surface area contributed by atoms with Gasteiger partial charge in [-0.05, 0) is 38.1 Å². The third-order valence-electron chi connectivity index (χ3n) is 5.10. The van der Waals surface area contributed by atoms with Gasteiger partial charge in [0, 0.05) is 42.5 Å². The first-order valence-corrected chi connectivity index (χ1v) is 12.9. The second-order valence-corrected chi connectivity index (χ2v) is 10.8. The smallest absolute Gasteiger partial charge is 0.321 e. The van der Waals surface area contributed by atoms with Gasteiger partial charge >= 0.3 is 6.03 Å². The van der Waals surface area contributed by atoms with Crippen molar-refractivity contribution in [1.82, 2.24) is 19.5 Å². The maximum atomic E-state index is 13.0. The number of hydrogen-bond donors (Lipinski definition) is 2. The van der Waals surface area contributed by atoms with E-state index < -0.39 is 10.0 Å². The molecule has 3 amide bonds. The van der Waals surface area contributed by atoms with Gasteiger partial charge in [0.25, 0.3) is 5.91 Å². The van der Waals surface area contributed by atoms with Crippen LogP contribution in [0.15, 0.2) is 29.2 Å². The van der Waals surface area contributed by atoms with Crippen molar-refractivity contribution in [1.29, 1.82) is 0 Å². The fraction of sp³-hybridized carbons (Fsp3) is 0.476. The third kappa shape index (κ3) is 5.28. The first kappa shape index (κ1) is 24.1. The van der Waals surface area contributed by atoms with Crippen LogP contribution in [-0.4, -0.2) is 60.2 Å². The molecule has 1 aromatic heterocycles. The van der Waals surface area contributed by atoms with Gasteiger partial charge in [-0.2, -0.15) is 4.31 Å². The molecule has 0 saturated carbocycles. The summed E-state index contributed by atoms with van der Waals surface area (Å²) >= 11 is 1.36. The predicted octanol–water partition coefficient (Wildman–Crippen LogP) is 2.90. The molecule has 1 aliphatic heterocycles. The average Bonchev–Trinajstić information content (AvgIpc) is 3.14. The van der Waals surface area contributed by atoms with E-state index in [1.807, 2.05) is 13.8 Å². The number of urea groups is 1. The maximum absolute atomic E-state index is 13.0. The molecule has 0 saturated heterocycles. The predicted molar refractivity (Wildman–Crippen MR) is 124 cm³/mol. The Balaban J connectivity index is 1.69. The SMILES string of the molecule is CCN(CC)S(=O)(=O)c1ccc(C(=O)N2CCc3nc(NC(=O)NC(C)C)sc3C2)cc1. The number of carbonyl (C=O) groups excluding carboxylic acids is 2. The van der Waals surface area contributed by atoms with E-state index >= 15 is 0 Å². The lowest BCUT2D eigenvalue weighted by Gasteiger charge is -2.26. The van der Waals surface area contributed by atoms with E-state index in [1.165, 1.54) is 27.8 Å². The summed E-state index contributed by atoms with van der Waals surface area (Å²) in [5.74, 6) is -0.164. The lowest BCUT2D eigenvalue weighted by molar-refractivity contribution is 0.0736. The number of thiazole rings is 1. The molecule has 0 spiro atoms. The molecule has 2 heterocycles. The third-order valence-corrected chi connectivity index (χ3v) is 8.17. The number of anilines is 1. The molecule has 0 aliphatic carbocycles. The summed E-state index contributed by atoms with van der Waals surface area (Å²) in [6, 6.07) is 5.80. The summed E-state index contributed by atoms with van der Waals surface area (Å²) in [6.45, 7) is 9.02. The number of carbonyl (C=O) groups is 2. The molecule has 32 heavy (non-hydrogen) atoms. The van der Waals surface area contributed by atoms with E-state index in [-0.39, 0.29) is 22.9 Å². The number of fused-ring (bicyclic) bond motifs is 1. The van der Waals surface area contributed by atoms with E-state index in [0.717, 1.165) is 10.6 Å². The van der Waals surface area contributed by atoms with Gasteiger partial charge in [0.05, 0.1) is 17.1 Å². The summed E-state index contributed by atoms with van der Waals surface area (Å²) in [5.41, 5.74) is 1.32. The monoisotopic (exact) mass is 479 g/mol. The van der Waals surface area contributed by atoms with Crippen LogP contribution in [-0.2, 0) is 23.0 Å². The van der Waals surface area contributed by atoms with Crippen molar-refractivity contribution in [2.45, 2.75) is 51.6 Å². The molecule has 0 radical (unpaired) electrons. The Morgan fingerprint density at radius 1 is 1.19 bits per heavy atom. The summed E-state index contributed by atoms with van der Waals surface area (Å²) in [6.07, 6.45) is 0.597. The van der Waals surface area contributed by atoms with Crippen LogP contribution < -0.4 is 10.6 Å². The minimum Gasteiger partial charge on any atom is -0.336 e. The number of sulfonamides is 1. The van der Waals surface area contributed by atoms with Crippen molar-refractivity contribution in [3.63, 3.8) is 0 Å². The number of rotatable bonds is 7. The molecule has 0 fully saturated rings. The molecule has 9 nitrogen and oxygen atoms in total. The fourth-order valence-electron chi connectivity index (χ4n) is 3.48. The summed E-state index contributed by atoms with van der Waals surface area (Å²) in [7, 11) is -3.56. The molecule has 1 aliphatic rings. The zero-order chi connectivity index (χ0) is 23.5. The highest BCUT2D eigenvalue weighted by Crippen LogP contribution is 2.29. The van der Waals surface area contributed by atoms with Crippen LogP contribution in [0, 0.1) is 0 Å². The summed E-state index contributed by atoms with van der Waals surface area (Å²) < 4.78 is 26.7. The quantitative estimate of drug-likeness (QED) is 0.634. The van der Waals surface area contributed by atoms with E-state index in [0.29, 0.717) is 43.3 Å². The minimum atomic E-state index is -3.56. The number of hydrogen-bond acceptors (Lipinski definition) is 6. The van der Waals surface area contributed by atoms with Crippen molar-refractivity contribution in [2.24, 2.45) is 0 Å². The van der Waals surface area contributed by atoms with Crippen molar-refractivity contribution in [3.05, 3.63) is 40.4 Å². The van der Waals surface area contributed by atoms with Crippen molar-refractivity contribution in [2.75, 3.05) is 25.0 Å². The Morgan fingerprint density at radius 3 is 2.44 bits per heavy atom. The van der Waals surface area contributed by atoms with Gasteiger partial charge in [0.1, 0.15) is 0 Å². The number of benzene rings is 1. The maximum Gasteiger partial charge on any atom is 0.321 e. The van der Waals surface area contributed by atoms with Gasteiger partial charge in [0.2, 0.25) is 10.0 Å². The molecule has 0 atom stereocenters. The van der Waals surface area contributed by atoms with Crippen molar-refractivity contribution >= 4 is 38.4 Å². The average molecular weight is 480 g/mol. The molecular formula is C21H29N5O4S2. The van der Waals surface area contributed by atoms with Crippen LogP contribution >= 0.6 is 11.3 Å². The van der Waals surface area contributed by atoms with E-state index in [4.69, 9.17) is 0 Å². The molecule has 0 unspecified atom stereocenters. The van der Waals surface area contributed by atoms with Gasteiger partial charge in [-0.25, -0.2) is 18.2 Å². The normalized spacial score (nSPS) is 13.9. The van der Waals surface area contributed by atoms with E-state index in [1.54, 1.807) is 30.9 Å². The van der Waals surface area contributed by atoms with Crippen LogP contribution in [0.2, 0.25) is 0 Å². The number of nitrogens with one attached hydrogen (secondary N) is 2. The van der Waals surface area contributed by atoms with Crippen LogP contribution in [0.3, 0.4) is 0 Å². The van der Waals surface area contributed by atoms with E-state index in [2.05, 4.69) is 15.6 Å². The molecule has 0 bridgehead atoms. The second-order valence-electron chi connectivity index (χ2n) is 7.73. The van der Waals surface area contributed by atoms with Crippen LogP contribution in [0.1, 0.15) is 48.6 Å². The highest BCUT2D eigenvalue weighted by atomic mass is 32.2. The Labute approximate surface area is 192 Å². The Hall–Kier alpha value is -2.50. The number of aromatic nitrogens is 1. The second kappa shape index (κ2) is 9.97. The Bertz CT molecular complexity index is 1080. The van der Waals surface area contributed by atoms with Gasteiger partial charge < -0.3 is 10.2 Å². The topological polar surface area (TPSA) is 112 Å². The fourth-order valence-corrected chi connectivity index (χ4v) is 5.96. The zero-order valence-corrected chi connectivity index (χ0v) is 20.3. The Morgan fingerprint density at radius 2 is 1.84 bits per heavy atom. The van der Waals surface area contributed by atoms with Crippen molar-refractivity contribution in [3.8, 4) is 0 Å². The lowest BCUT2D eigenvalue weighted by Crippen LogP contribution is -2.35. The largest absolute Gasteiger partial charge is 0.336 e. The first-order chi connectivity index (χ1) is 15.1. The molecule has 174 valence electrons. The highest BCUT2D eigenvalue weighted by Gasteiger charge is 2.26. The van der Waals surface area contributed by atoms with E-state index in [9.17, 15) is 18.0 Å². The highest BCUT2D eigenvalue weighted by molar-refractivity contribution is 7.89. The molecule has 3 rings (SSSR count). The van der Waals surface area contributed by atoms with Crippen LogP contribution in [0.5, 0.6) is 0 Å². The summed E-state index contributed by atoms with van der Waals surface area (Å²) in [4.78, 5) is 32.2. The molecule has 2 N–H and O–H groups in total. The summed E-state index contributed by atoms with van der Waals surface area (Å²) in [5, 5.41) is 6.00. The van der Waals surface area contributed by atoms with Gasteiger partial charge in [-0.3, -0.25) is 10.1 Å². The standard InChI is InChI=1S/C21H29N5O4S2/c1-5-26(6-2)32(29,30)16-9-7-15(8-10-16)19(27)25-12-11-17-18(13-25)31-21(23-17)24-20(28)22-14(3)4/h7-10,14H,5-6,11-13H2,1-4H3,(H2,22,23,24,28). The van der Waals surface area contributed by atoms with Crippen molar-refractivity contribution < 1.29 is 18.0 Å². The Kier molecular flexibility index (Phi) is 7.52. The molecule has 11 heteroatoms. The molecule has 2 aromatic rings. The molecule has 1 aromatic carbocycles. The lowest BCUT2D eigenvalue weighted by atomic mass is 10.1. The van der Waals surface area contributed by atoms with Crippen LogP contribution in [0.25, 0.3) is 0 Å². The molecular weight excluding hydrogens is 450 g/mol. The zero-order valence-electron chi connectivity index (χ0n) is 18.7. The van der Waals surface area contributed by atoms with Gasteiger partial charge in [-0.1, -0.05) is 25.2 Å². The number of nitrogens with zero attached hydrogens (tertiary/aromatic N) is 3. The van der Waals surface area contributed by atoms with Gasteiger partial charge in [-0.15, -0.1) is 0 Å². The minimum absolute atomic E-state index is 0.0195.